The van der Waals surface area contributed by atoms with Gasteiger partial charge in [-0.25, -0.2) is 4.79 Å². The van der Waals surface area contributed by atoms with Crippen molar-refractivity contribution in [2.24, 2.45) is 5.73 Å². The average Bonchev–Trinajstić information content (AvgIpc) is 2.74. The SMILES string of the molecule is NC(=O)OC(COC1OC(CO)C(O)C(O)C1O)COC1OC(CO)C(O)C(O)C1O. The van der Waals surface area contributed by atoms with E-state index in [4.69, 9.17) is 29.4 Å². The molecule has 0 aromatic rings. The fourth-order valence-electron chi connectivity index (χ4n) is 3.09. The highest BCUT2D eigenvalue weighted by atomic mass is 16.7. The van der Waals surface area contributed by atoms with E-state index in [1.807, 2.05) is 0 Å². The highest BCUT2D eigenvalue weighted by Crippen LogP contribution is 2.24. The van der Waals surface area contributed by atoms with Crippen molar-refractivity contribution >= 4 is 6.09 Å². The molecule has 1 amide bonds. The first-order valence-electron chi connectivity index (χ1n) is 9.41. The molecule has 0 bridgehead atoms. The van der Waals surface area contributed by atoms with E-state index in [0.717, 1.165) is 0 Å². The summed E-state index contributed by atoms with van der Waals surface area (Å²) in [6.45, 7) is -2.37. The lowest BCUT2D eigenvalue weighted by Gasteiger charge is -2.40. The van der Waals surface area contributed by atoms with Gasteiger partial charge in [0.15, 0.2) is 18.7 Å². The number of rotatable bonds is 9. The molecule has 0 aliphatic carbocycles. The third-order valence-electron chi connectivity index (χ3n) is 4.87. The van der Waals surface area contributed by atoms with Crippen LogP contribution in [-0.2, 0) is 23.7 Å². The Kier molecular flexibility index (Phi) is 9.74. The van der Waals surface area contributed by atoms with Crippen molar-refractivity contribution < 1.29 is 69.3 Å². The van der Waals surface area contributed by atoms with Crippen molar-refractivity contribution in [2.75, 3.05) is 26.4 Å². The summed E-state index contributed by atoms with van der Waals surface area (Å²) in [6, 6.07) is 0. The molecule has 15 nitrogen and oxygen atoms in total. The molecule has 0 aromatic heterocycles. The number of carbonyl (C=O) groups excluding carboxylic acids is 1. The molecule has 0 spiro atoms. The number of hydrogen-bond acceptors (Lipinski definition) is 14. The highest BCUT2D eigenvalue weighted by Gasteiger charge is 2.45. The van der Waals surface area contributed by atoms with Gasteiger partial charge in [0.05, 0.1) is 26.4 Å². The van der Waals surface area contributed by atoms with E-state index in [1.165, 1.54) is 0 Å². The van der Waals surface area contributed by atoms with Crippen molar-refractivity contribution in [1.29, 1.82) is 0 Å². The standard InChI is InChI=1S/C16H29NO14/c17-16(26)29-5(3-27-14-12(24)10(22)8(20)6(1-18)30-14)4-28-15-13(25)11(23)9(21)7(2-19)31-15/h5-15,18-25H,1-4H2,(H2,17,26). The Labute approximate surface area is 176 Å². The predicted octanol–water partition coefficient (Wildman–Crippen LogP) is -5.92. The molecule has 2 aliphatic heterocycles. The Morgan fingerprint density at radius 3 is 1.45 bits per heavy atom. The van der Waals surface area contributed by atoms with Gasteiger partial charge in [0.25, 0.3) is 0 Å². The fourth-order valence-corrected chi connectivity index (χ4v) is 3.09. The van der Waals surface area contributed by atoms with Crippen LogP contribution in [0.25, 0.3) is 0 Å². The smallest absolute Gasteiger partial charge is 0.404 e. The van der Waals surface area contributed by atoms with Crippen LogP contribution in [0, 0.1) is 0 Å². The Hall–Kier alpha value is -1.21. The van der Waals surface area contributed by atoms with Gasteiger partial charge in [-0.15, -0.1) is 0 Å². The number of amides is 1. The summed E-state index contributed by atoms with van der Waals surface area (Å²) in [6.07, 6.45) is -17.9. The Balaban J connectivity index is 1.95. The van der Waals surface area contributed by atoms with Gasteiger partial charge < -0.3 is 70.3 Å². The minimum Gasteiger partial charge on any atom is -0.441 e. The molecule has 0 aromatic carbocycles. The first-order valence-corrected chi connectivity index (χ1v) is 9.41. The van der Waals surface area contributed by atoms with Crippen LogP contribution >= 0.6 is 0 Å². The van der Waals surface area contributed by atoms with Crippen LogP contribution in [0.15, 0.2) is 0 Å². The predicted molar refractivity (Wildman–Crippen MR) is 93.9 cm³/mol. The molecule has 2 heterocycles. The van der Waals surface area contributed by atoms with Crippen LogP contribution in [0.1, 0.15) is 0 Å². The van der Waals surface area contributed by atoms with Crippen LogP contribution in [0.5, 0.6) is 0 Å². The Morgan fingerprint density at radius 1 is 0.742 bits per heavy atom. The summed E-state index contributed by atoms with van der Waals surface area (Å²) in [4.78, 5) is 11.1. The zero-order chi connectivity index (χ0) is 23.3. The van der Waals surface area contributed by atoms with E-state index < -0.39 is 100 Å². The van der Waals surface area contributed by atoms with E-state index in [2.05, 4.69) is 0 Å². The van der Waals surface area contributed by atoms with Crippen molar-refractivity contribution in [3.05, 3.63) is 0 Å². The molecule has 2 rings (SSSR count). The lowest BCUT2D eigenvalue weighted by molar-refractivity contribution is -0.314. The molecular weight excluding hydrogens is 430 g/mol. The highest BCUT2D eigenvalue weighted by molar-refractivity contribution is 5.64. The minimum absolute atomic E-state index is 0.511. The molecule has 2 fully saturated rings. The van der Waals surface area contributed by atoms with Gasteiger partial charge >= 0.3 is 6.09 Å². The first kappa shape index (κ1) is 26.0. The Morgan fingerprint density at radius 2 is 1.13 bits per heavy atom. The molecule has 31 heavy (non-hydrogen) atoms. The largest absolute Gasteiger partial charge is 0.441 e. The number of nitrogens with two attached hydrogens (primary N) is 1. The molecule has 10 unspecified atom stereocenters. The first-order chi connectivity index (χ1) is 14.6. The molecule has 0 saturated carbocycles. The third kappa shape index (κ3) is 6.41. The van der Waals surface area contributed by atoms with Crippen LogP contribution in [0.4, 0.5) is 4.79 Å². The van der Waals surface area contributed by atoms with Crippen LogP contribution < -0.4 is 5.73 Å². The molecule has 10 N–H and O–H groups in total. The monoisotopic (exact) mass is 459 g/mol. The number of hydrogen-bond donors (Lipinski definition) is 9. The minimum atomic E-state index is -1.70. The molecule has 0 radical (unpaired) electrons. The summed E-state index contributed by atoms with van der Waals surface area (Å²) in [5.74, 6) is 0. The van der Waals surface area contributed by atoms with Crippen molar-refractivity contribution in [3.63, 3.8) is 0 Å². The van der Waals surface area contributed by atoms with E-state index in [1.54, 1.807) is 0 Å². The van der Waals surface area contributed by atoms with E-state index in [9.17, 15) is 45.6 Å². The quantitative estimate of drug-likeness (QED) is 0.156. The van der Waals surface area contributed by atoms with E-state index >= 15 is 0 Å². The van der Waals surface area contributed by atoms with Gasteiger partial charge in [0.2, 0.25) is 0 Å². The zero-order valence-corrected chi connectivity index (χ0v) is 16.3. The van der Waals surface area contributed by atoms with Gasteiger partial charge in [0, 0.05) is 0 Å². The zero-order valence-electron chi connectivity index (χ0n) is 16.3. The molecule has 2 aliphatic rings. The second-order valence-electron chi connectivity index (χ2n) is 7.12. The number of aliphatic hydroxyl groups excluding tert-OH is 8. The van der Waals surface area contributed by atoms with Crippen molar-refractivity contribution in [3.8, 4) is 0 Å². The lowest BCUT2D eigenvalue weighted by atomic mass is 9.99. The number of carbonyl (C=O) groups is 1. The second kappa shape index (κ2) is 11.6. The molecule has 15 heteroatoms. The Bertz CT molecular complexity index is 524. The summed E-state index contributed by atoms with van der Waals surface area (Å²) >= 11 is 0. The summed E-state index contributed by atoms with van der Waals surface area (Å²) in [5.41, 5.74) is 4.99. The topological polar surface area (TPSA) is 251 Å². The average molecular weight is 459 g/mol. The maximum absolute atomic E-state index is 11.1. The maximum Gasteiger partial charge on any atom is 0.404 e. The van der Waals surface area contributed by atoms with Crippen LogP contribution in [0.3, 0.4) is 0 Å². The van der Waals surface area contributed by atoms with Gasteiger partial charge in [-0.3, -0.25) is 0 Å². The number of aliphatic hydroxyl groups is 8. The van der Waals surface area contributed by atoms with Crippen LogP contribution in [-0.4, -0.2) is 141 Å². The third-order valence-corrected chi connectivity index (χ3v) is 4.87. The normalized spacial score (nSPS) is 42.2. The molecule has 10 atom stereocenters. The van der Waals surface area contributed by atoms with Crippen molar-refractivity contribution in [2.45, 2.75) is 67.5 Å². The van der Waals surface area contributed by atoms with E-state index in [0.29, 0.717) is 0 Å². The second-order valence-corrected chi connectivity index (χ2v) is 7.12. The molecule has 182 valence electrons. The van der Waals surface area contributed by atoms with Gasteiger partial charge in [-0.1, -0.05) is 0 Å². The van der Waals surface area contributed by atoms with Crippen LogP contribution in [0.2, 0.25) is 0 Å². The van der Waals surface area contributed by atoms with Crippen molar-refractivity contribution in [1.82, 2.24) is 0 Å². The fraction of sp³-hybridized carbons (Fsp3) is 0.938. The molecule has 2 saturated heterocycles. The summed E-state index contributed by atoms with van der Waals surface area (Å²) < 4.78 is 25.6. The summed E-state index contributed by atoms with van der Waals surface area (Å²) in [7, 11) is 0. The lowest BCUT2D eigenvalue weighted by Crippen LogP contribution is -2.60. The van der Waals surface area contributed by atoms with E-state index in [-0.39, 0.29) is 0 Å². The summed E-state index contributed by atoms with van der Waals surface area (Å²) in [5, 5.41) is 77.3. The van der Waals surface area contributed by atoms with Gasteiger partial charge in [-0.05, 0) is 0 Å². The van der Waals surface area contributed by atoms with Gasteiger partial charge in [0.1, 0.15) is 48.8 Å². The number of ether oxygens (including phenoxy) is 5. The van der Waals surface area contributed by atoms with Gasteiger partial charge in [-0.2, -0.15) is 0 Å². The maximum atomic E-state index is 11.1. The molecular formula is C16H29NO14. The number of primary amides is 1.